The lowest BCUT2D eigenvalue weighted by Crippen LogP contribution is -2.50. The van der Waals surface area contributed by atoms with Gasteiger partial charge in [-0.2, -0.15) is 0 Å². The van der Waals surface area contributed by atoms with Crippen molar-refractivity contribution in [2.24, 2.45) is 0 Å². The van der Waals surface area contributed by atoms with Gasteiger partial charge in [0.15, 0.2) is 0 Å². The zero-order valence-electron chi connectivity index (χ0n) is 10.5. The third-order valence-electron chi connectivity index (χ3n) is 2.62. The Kier molecular flexibility index (Phi) is 4.62. The number of rotatable bonds is 5. The molecule has 1 unspecified atom stereocenters. The molecular formula is C10H13N3O7. The third kappa shape index (κ3) is 3.67. The quantitative estimate of drug-likeness (QED) is 0.492. The molecule has 10 nitrogen and oxygen atoms in total. The lowest BCUT2D eigenvalue weighted by atomic mass is 10.2. The summed E-state index contributed by atoms with van der Waals surface area (Å²) in [5.41, 5.74) is 0. The van der Waals surface area contributed by atoms with Gasteiger partial charge in [0.05, 0.1) is 6.42 Å². The Bertz CT molecular complexity index is 459. The van der Waals surface area contributed by atoms with Crippen molar-refractivity contribution in [3.05, 3.63) is 0 Å². The molecule has 1 aliphatic heterocycles. The molecule has 0 bridgehead atoms. The molecule has 4 amide bonds. The predicted molar refractivity (Wildman–Crippen MR) is 61.6 cm³/mol. The van der Waals surface area contributed by atoms with E-state index >= 15 is 0 Å². The molecule has 0 radical (unpaired) electrons. The fraction of sp³-hybridized carbons (Fsp3) is 0.500. The Morgan fingerprint density at radius 1 is 1.25 bits per heavy atom. The maximum absolute atomic E-state index is 11.7. The van der Waals surface area contributed by atoms with Gasteiger partial charge in [-0.1, -0.05) is 0 Å². The summed E-state index contributed by atoms with van der Waals surface area (Å²) in [6, 6.07) is -2.14. The predicted octanol–water partition coefficient (Wildman–Crippen LogP) is -2.08. The number of hydrogen-bond donors (Lipinski definition) is 3. The van der Waals surface area contributed by atoms with Crippen molar-refractivity contribution in [2.45, 2.75) is 12.5 Å². The third-order valence-corrected chi connectivity index (χ3v) is 2.62. The van der Waals surface area contributed by atoms with E-state index in [0.717, 1.165) is 4.90 Å². The number of carbonyl (C=O) groups is 5. The minimum Gasteiger partial charge on any atom is -0.480 e. The monoisotopic (exact) mass is 287 g/mol. The fourth-order valence-electron chi connectivity index (χ4n) is 1.63. The van der Waals surface area contributed by atoms with Crippen LogP contribution in [-0.2, 0) is 19.2 Å². The van der Waals surface area contributed by atoms with Gasteiger partial charge in [0.2, 0.25) is 5.91 Å². The minimum atomic E-state index is -1.40. The highest BCUT2D eigenvalue weighted by molar-refractivity contribution is 6.06. The molecule has 110 valence electrons. The summed E-state index contributed by atoms with van der Waals surface area (Å²) < 4.78 is 0. The molecule has 0 aromatic carbocycles. The van der Waals surface area contributed by atoms with E-state index in [4.69, 9.17) is 10.2 Å². The van der Waals surface area contributed by atoms with Crippen molar-refractivity contribution in [3.8, 4) is 0 Å². The molecule has 1 heterocycles. The van der Waals surface area contributed by atoms with Gasteiger partial charge >= 0.3 is 18.0 Å². The number of urea groups is 1. The van der Waals surface area contributed by atoms with Crippen LogP contribution in [0.5, 0.6) is 0 Å². The number of nitrogens with one attached hydrogen (secondary N) is 1. The number of amides is 4. The number of likely N-dealkylation sites (N-methyl/N-ethyl adjacent to an activating group) is 1. The number of carbonyl (C=O) groups excluding carboxylic acids is 3. The van der Waals surface area contributed by atoms with Gasteiger partial charge in [-0.3, -0.25) is 24.1 Å². The second-order valence-corrected chi connectivity index (χ2v) is 4.14. The zero-order chi connectivity index (χ0) is 15.4. The molecule has 0 aliphatic carbocycles. The highest BCUT2D eigenvalue weighted by atomic mass is 16.4. The number of likely N-dealkylation sites (tertiary alicyclic amines) is 1. The number of nitrogens with zero attached hydrogens (tertiary/aromatic N) is 2. The van der Waals surface area contributed by atoms with Crippen LogP contribution in [0.2, 0.25) is 0 Å². The summed E-state index contributed by atoms with van der Waals surface area (Å²) in [6.45, 7) is -1.66. The Morgan fingerprint density at radius 3 is 2.10 bits per heavy atom. The molecule has 3 N–H and O–H groups in total. The van der Waals surface area contributed by atoms with Crippen LogP contribution in [-0.4, -0.2) is 76.0 Å². The maximum atomic E-state index is 11.7. The molecule has 1 rings (SSSR count). The highest BCUT2D eigenvalue weighted by Gasteiger charge is 2.38. The molecule has 0 aromatic heterocycles. The van der Waals surface area contributed by atoms with Crippen molar-refractivity contribution in [3.63, 3.8) is 0 Å². The molecule has 20 heavy (non-hydrogen) atoms. The molecular weight excluding hydrogens is 274 g/mol. The Morgan fingerprint density at radius 2 is 1.75 bits per heavy atom. The van der Waals surface area contributed by atoms with Crippen molar-refractivity contribution < 1.29 is 34.2 Å². The first-order chi connectivity index (χ1) is 9.22. The molecule has 10 heteroatoms. The number of hydrogen-bond acceptors (Lipinski definition) is 5. The molecule has 0 aromatic rings. The molecule has 1 aliphatic rings. The van der Waals surface area contributed by atoms with E-state index in [-0.39, 0.29) is 6.42 Å². The second-order valence-electron chi connectivity index (χ2n) is 4.14. The standard InChI is InChI=1S/C10H13N3O7/c1-12-6(14)2-5(9(12)19)11-10(20)13(3-7(15)16)4-8(17)18/h5H,2-4H2,1H3,(H,11,20)(H,15,16)(H,17,18). The van der Waals surface area contributed by atoms with Gasteiger partial charge < -0.3 is 20.4 Å². The van der Waals surface area contributed by atoms with Gasteiger partial charge in [0, 0.05) is 7.05 Å². The number of carboxylic acid groups (broad SMARTS) is 2. The van der Waals surface area contributed by atoms with Crippen LogP contribution < -0.4 is 5.32 Å². The van der Waals surface area contributed by atoms with Crippen LogP contribution in [0.3, 0.4) is 0 Å². The first kappa shape index (κ1) is 15.4. The summed E-state index contributed by atoms with van der Waals surface area (Å²) in [4.78, 5) is 57.0. The van der Waals surface area contributed by atoms with Gasteiger partial charge in [-0.25, -0.2) is 4.79 Å². The van der Waals surface area contributed by atoms with Crippen LogP contribution in [0.1, 0.15) is 6.42 Å². The Hall–Kier alpha value is -2.65. The van der Waals surface area contributed by atoms with Crippen molar-refractivity contribution in [2.75, 3.05) is 20.1 Å². The summed E-state index contributed by atoms with van der Waals surface area (Å²) in [5.74, 6) is -3.91. The molecule has 0 spiro atoms. The SMILES string of the molecule is CN1C(=O)CC(NC(=O)N(CC(=O)O)CC(=O)O)C1=O. The zero-order valence-corrected chi connectivity index (χ0v) is 10.5. The number of carboxylic acids is 2. The Balaban J connectivity index is 2.71. The molecule has 1 saturated heterocycles. The average Bonchev–Trinajstić information content (AvgIpc) is 2.55. The van der Waals surface area contributed by atoms with Crippen LogP contribution >= 0.6 is 0 Å². The average molecular weight is 287 g/mol. The largest absolute Gasteiger partial charge is 0.480 e. The number of imide groups is 1. The summed E-state index contributed by atoms with van der Waals surface area (Å²) in [6.07, 6.45) is -0.241. The van der Waals surface area contributed by atoms with Gasteiger partial charge in [-0.15, -0.1) is 0 Å². The van der Waals surface area contributed by atoms with Gasteiger partial charge in [0.1, 0.15) is 19.1 Å². The van der Waals surface area contributed by atoms with E-state index in [9.17, 15) is 24.0 Å². The van der Waals surface area contributed by atoms with E-state index in [2.05, 4.69) is 5.32 Å². The fourth-order valence-corrected chi connectivity index (χ4v) is 1.63. The normalized spacial score (nSPS) is 18.1. The van der Waals surface area contributed by atoms with E-state index in [0.29, 0.717) is 4.90 Å². The summed E-state index contributed by atoms with van der Waals surface area (Å²) in [5, 5.41) is 19.3. The number of aliphatic carboxylic acids is 2. The van der Waals surface area contributed by atoms with E-state index in [1.165, 1.54) is 7.05 Å². The maximum Gasteiger partial charge on any atom is 0.323 e. The van der Waals surface area contributed by atoms with Crippen molar-refractivity contribution >= 4 is 29.8 Å². The van der Waals surface area contributed by atoms with E-state index in [1.807, 2.05) is 0 Å². The first-order valence-corrected chi connectivity index (χ1v) is 5.51. The van der Waals surface area contributed by atoms with Gasteiger partial charge in [-0.05, 0) is 0 Å². The first-order valence-electron chi connectivity index (χ1n) is 5.51. The second kappa shape index (κ2) is 5.99. The van der Waals surface area contributed by atoms with Crippen LogP contribution in [0.4, 0.5) is 4.79 Å². The van der Waals surface area contributed by atoms with E-state index in [1.54, 1.807) is 0 Å². The lowest BCUT2D eigenvalue weighted by molar-refractivity contribution is -0.141. The Labute approximate surface area is 112 Å². The smallest absolute Gasteiger partial charge is 0.323 e. The van der Waals surface area contributed by atoms with Crippen LogP contribution in [0.15, 0.2) is 0 Å². The van der Waals surface area contributed by atoms with Gasteiger partial charge in [0.25, 0.3) is 5.91 Å². The minimum absolute atomic E-state index is 0.241. The molecule has 1 fully saturated rings. The van der Waals surface area contributed by atoms with Crippen molar-refractivity contribution in [1.29, 1.82) is 0 Å². The molecule has 0 saturated carbocycles. The topological polar surface area (TPSA) is 144 Å². The summed E-state index contributed by atoms with van der Waals surface area (Å²) in [7, 11) is 1.25. The van der Waals surface area contributed by atoms with Crippen molar-refractivity contribution in [1.82, 2.24) is 15.1 Å². The van der Waals surface area contributed by atoms with E-state index < -0.39 is 48.9 Å². The lowest BCUT2D eigenvalue weighted by Gasteiger charge is -2.20. The summed E-state index contributed by atoms with van der Waals surface area (Å²) >= 11 is 0. The molecule has 1 atom stereocenters. The van der Waals surface area contributed by atoms with Crippen LogP contribution in [0, 0.1) is 0 Å². The van der Waals surface area contributed by atoms with Crippen LogP contribution in [0.25, 0.3) is 0 Å². The highest BCUT2D eigenvalue weighted by Crippen LogP contribution is 2.10.